The molecular weight excluding hydrogens is 891 g/mol. The van der Waals surface area contributed by atoms with Crippen LogP contribution in [0, 0.1) is 0 Å². The van der Waals surface area contributed by atoms with Crippen molar-refractivity contribution in [3.05, 3.63) is 71.8 Å². The molecule has 20 nitrogen and oxygen atoms in total. The van der Waals surface area contributed by atoms with Crippen LogP contribution in [0.15, 0.2) is 60.7 Å². The second kappa shape index (κ2) is 23.8. The molecule has 10 atom stereocenters. The van der Waals surface area contributed by atoms with Gasteiger partial charge in [0.15, 0.2) is 0 Å². The Morgan fingerprint density at radius 3 is 2.19 bits per heavy atom. The van der Waals surface area contributed by atoms with Crippen LogP contribution in [0.1, 0.15) is 94.5 Å². The van der Waals surface area contributed by atoms with E-state index in [9.17, 15) is 48.9 Å². The molecule has 0 saturated carbocycles. The highest BCUT2D eigenvalue weighted by atomic mass is 16.5. The molecule has 7 amide bonds. The Kier molecular flexibility index (Phi) is 17.9. The molecule has 374 valence electrons. The Labute approximate surface area is 401 Å². The van der Waals surface area contributed by atoms with E-state index < -0.39 is 102 Å². The Balaban J connectivity index is 1.29. The summed E-state index contributed by atoms with van der Waals surface area (Å²) in [7, 11) is 0. The van der Waals surface area contributed by atoms with Crippen molar-refractivity contribution in [2.45, 2.75) is 146 Å². The van der Waals surface area contributed by atoms with Crippen molar-refractivity contribution in [2.24, 2.45) is 11.5 Å². The van der Waals surface area contributed by atoms with Crippen molar-refractivity contribution >= 4 is 52.1 Å². The van der Waals surface area contributed by atoms with Gasteiger partial charge in [-0.2, -0.15) is 0 Å². The van der Waals surface area contributed by atoms with Crippen molar-refractivity contribution < 1.29 is 53.6 Å². The Hall–Kier alpha value is -6.35. The largest absolute Gasteiger partial charge is 0.508 e. The first-order valence-corrected chi connectivity index (χ1v) is 23.9. The van der Waals surface area contributed by atoms with Gasteiger partial charge in [-0.1, -0.05) is 44.0 Å². The molecule has 0 spiro atoms. The average molecular weight is 958 g/mol. The molecule has 0 bridgehead atoms. The van der Waals surface area contributed by atoms with Gasteiger partial charge < -0.3 is 67.9 Å². The van der Waals surface area contributed by atoms with E-state index in [4.69, 9.17) is 16.2 Å². The van der Waals surface area contributed by atoms with Crippen LogP contribution >= 0.6 is 0 Å². The molecule has 6 rings (SSSR count). The third kappa shape index (κ3) is 13.3. The maximum atomic E-state index is 14.4. The lowest BCUT2D eigenvalue weighted by Crippen LogP contribution is -2.63. The average Bonchev–Trinajstić information content (AvgIpc) is 3.92. The minimum Gasteiger partial charge on any atom is -0.508 e. The Morgan fingerprint density at radius 2 is 1.48 bits per heavy atom. The molecule has 3 aliphatic heterocycles. The molecule has 0 radical (unpaired) electrons. The van der Waals surface area contributed by atoms with E-state index in [-0.39, 0.29) is 69.3 Å². The maximum absolute atomic E-state index is 14.4. The van der Waals surface area contributed by atoms with E-state index in [1.165, 1.54) is 30.9 Å². The van der Waals surface area contributed by atoms with Crippen LogP contribution in [0.5, 0.6) is 11.5 Å². The number of aliphatic hydroxyl groups excluding tert-OH is 2. The first-order valence-electron chi connectivity index (χ1n) is 23.9. The van der Waals surface area contributed by atoms with E-state index >= 15 is 0 Å². The lowest BCUT2D eigenvalue weighted by atomic mass is 10.0. The van der Waals surface area contributed by atoms with E-state index in [0.29, 0.717) is 17.9 Å². The number of fused-ring (bicyclic) bond motifs is 3. The molecule has 69 heavy (non-hydrogen) atoms. The molecule has 0 aromatic heterocycles. The van der Waals surface area contributed by atoms with Gasteiger partial charge in [-0.05, 0) is 118 Å². The number of aryl methyl sites for hydroxylation is 1. The fourth-order valence-corrected chi connectivity index (χ4v) is 9.05. The number of carbonyl (C=O) groups is 7. The van der Waals surface area contributed by atoms with Crippen LogP contribution in [0.25, 0.3) is 10.8 Å². The maximum Gasteiger partial charge on any atom is 0.251 e. The molecular formula is C49H67N9O11. The molecule has 0 unspecified atom stereocenters. The zero-order valence-electron chi connectivity index (χ0n) is 39.4. The summed E-state index contributed by atoms with van der Waals surface area (Å²) in [6, 6.07) is 7.90. The number of ether oxygens (including phenoxy) is 1. The summed E-state index contributed by atoms with van der Waals surface area (Å²) >= 11 is 0. The number of phenolic OH excluding ortho intramolecular Hbond substituents is 1. The summed E-state index contributed by atoms with van der Waals surface area (Å²) in [6.07, 6.45) is -0.491. The normalized spacial score (nSPS) is 26.4. The molecule has 3 aromatic rings. The van der Waals surface area contributed by atoms with Crippen molar-refractivity contribution in [3.63, 3.8) is 0 Å². The molecule has 3 heterocycles. The smallest absolute Gasteiger partial charge is 0.251 e. The second-order valence-electron chi connectivity index (χ2n) is 18.4. The van der Waals surface area contributed by atoms with E-state index in [0.717, 1.165) is 34.9 Å². The van der Waals surface area contributed by atoms with Crippen molar-refractivity contribution in [1.29, 1.82) is 0 Å². The van der Waals surface area contributed by atoms with Crippen LogP contribution < -0.4 is 42.8 Å². The monoisotopic (exact) mass is 957 g/mol. The lowest BCUT2D eigenvalue weighted by molar-refractivity contribution is -0.146. The van der Waals surface area contributed by atoms with E-state index in [1.807, 2.05) is 18.2 Å². The van der Waals surface area contributed by atoms with Crippen LogP contribution in [-0.4, -0.2) is 147 Å². The van der Waals surface area contributed by atoms with Crippen LogP contribution in [0.3, 0.4) is 0 Å². The molecule has 3 aromatic carbocycles. The minimum absolute atomic E-state index is 0.0168. The quantitative estimate of drug-likeness (QED) is 0.109. The SMILES string of the molecule is CCCCCOc1ccc2cc(C(=O)N[C@H]3CCCNC(=O)[C@@H]4C[C@H](N)CN4C(=O)[C@H]([C@H](C)O)NC(=O)[C@H](CCc4ccc(O)cc4)NC(=O)[C@@H]4CC[C@H](N)N4C(=O)[C@H]([C@@H](C)O)NC3=O)ccc2c1. The zero-order chi connectivity index (χ0) is 49.9. The fraction of sp³-hybridized carbons (Fsp3) is 0.531. The number of hydrogen-bond donors (Lipinski definition) is 10. The summed E-state index contributed by atoms with van der Waals surface area (Å²) in [5, 5.41) is 46.7. The number of hydrogen-bond acceptors (Lipinski definition) is 13. The summed E-state index contributed by atoms with van der Waals surface area (Å²) in [4.78, 5) is 101. The van der Waals surface area contributed by atoms with E-state index in [1.54, 1.807) is 30.3 Å². The van der Waals surface area contributed by atoms with Gasteiger partial charge >= 0.3 is 0 Å². The summed E-state index contributed by atoms with van der Waals surface area (Å²) in [6.45, 7) is 5.18. The Morgan fingerprint density at radius 1 is 0.797 bits per heavy atom. The second-order valence-corrected chi connectivity index (χ2v) is 18.4. The molecule has 3 saturated heterocycles. The van der Waals surface area contributed by atoms with Gasteiger partial charge in [0.2, 0.25) is 35.4 Å². The number of rotatable bonds is 12. The third-order valence-electron chi connectivity index (χ3n) is 13.0. The first kappa shape index (κ1) is 52.0. The highest BCUT2D eigenvalue weighted by Gasteiger charge is 2.46. The minimum atomic E-state index is -1.65. The highest BCUT2D eigenvalue weighted by Crippen LogP contribution is 2.26. The van der Waals surface area contributed by atoms with Crippen LogP contribution in [0.4, 0.5) is 0 Å². The first-order chi connectivity index (χ1) is 32.9. The summed E-state index contributed by atoms with van der Waals surface area (Å²) in [5.74, 6) is -4.64. The van der Waals surface area contributed by atoms with Gasteiger partial charge in [0.1, 0.15) is 47.8 Å². The van der Waals surface area contributed by atoms with Crippen molar-refractivity contribution in [1.82, 2.24) is 36.4 Å². The van der Waals surface area contributed by atoms with E-state index in [2.05, 4.69) is 33.5 Å². The molecule has 0 aliphatic carbocycles. The molecule has 20 heteroatoms. The third-order valence-corrected chi connectivity index (χ3v) is 13.0. The van der Waals surface area contributed by atoms with Crippen LogP contribution in [0.2, 0.25) is 0 Å². The number of aliphatic hydroxyl groups is 2. The standard InChI is InChI=1S/C49H67N9O11/c1-4-5-6-22-69-35-17-14-30-23-32(13-12-31(30)24-35)43(62)53-36-8-7-21-52-46(65)39-25-33(50)26-57(39)48(67)41(27(2)59)55-45(64)37(18-11-29-9-15-34(61)16-10-29)54-47(66)38-19-20-40(51)58(38)49(68)42(28(3)60)56-44(36)63/h9-10,12-17,23-24,27-28,33,36-42,59-61H,4-8,11,18-22,25-26,50-51H2,1-3H3,(H,52,65)(H,53,62)(H,54,66)(H,55,64)(H,56,63)/t27-,28+,33-,36-,37-,38-,39-,40+,41-,42-/m0/s1. The highest BCUT2D eigenvalue weighted by molar-refractivity contribution is 6.02. The number of unbranched alkanes of at least 4 members (excludes halogenated alkanes) is 2. The van der Waals surface area contributed by atoms with Gasteiger partial charge in [-0.25, -0.2) is 0 Å². The fourth-order valence-electron chi connectivity index (χ4n) is 9.05. The van der Waals surface area contributed by atoms with Gasteiger partial charge in [0.25, 0.3) is 5.91 Å². The van der Waals surface area contributed by atoms with Crippen LogP contribution in [-0.2, 0) is 35.2 Å². The number of carbonyl (C=O) groups excluding carboxylic acids is 7. The number of nitrogens with zero attached hydrogens (tertiary/aromatic N) is 2. The topological polar surface area (TPSA) is 308 Å². The van der Waals surface area contributed by atoms with Gasteiger partial charge in [-0.3, -0.25) is 33.6 Å². The summed E-state index contributed by atoms with van der Waals surface area (Å²) in [5.41, 5.74) is 13.6. The lowest BCUT2D eigenvalue weighted by Gasteiger charge is -2.34. The number of nitrogens with two attached hydrogens (primary N) is 2. The number of nitrogens with one attached hydrogen (secondary N) is 5. The van der Waals surface area contributed by atoms with Gasteiger partial charge in [0, 0.05) is 24.7 Å². The Bertz CT molecular complexity index is 2330. The number of phenols is 1. The molecule has 3 aliphatic rings. The molecule has 3 fully saturated rings. The predicted octanol–water partition coefficient (Wildman–Crippen LogP) is 0.176. The van der Waals surface area contributed by atoms with Gasteiger partial charge in [-0.15, -0.1) is 0 Å². The van der Waals surface area contributed by atoms with Crippen molar-refractivity contribution in [3.8, 4) is 11.5 Å². The predicted molar refractivity (Wildman–Crippen MR) is 254 cm³/mol. The number of amides is 7. The van der Waals surface area contributed by atoms with Crippen molar-refractivity contribution in [2.75, 3.05) is 19.7 Å². The summed E-state index contributed by atoms with van der Waals surface area (Å²) < 4.78 is 5.90. The molecule has 12 N–H and O–H groups in total. The number of aromatic hydroxyl groups is 1. The van der Waals surface area contributed by atoms with Gasteiger partial charge in [0.05, 0.1) is 25.0 Å². The number of benzene rings is 3. The zero-order valence-corrected chi connectivity index (χ0v) is 39.4.